The van der Waals surface area contributed by atoms with E-state index in [-0.39, 0.29) is 0 Å². The van der Waals surface area contributed by atoms with E-state index in [0.29, 0.717) is 11.6 Å². The summed E-state index contributed by atoms with van der Waals surface area (Å²) < 4.78 is 10.8. The molecular weight excluding hydrogens is 260 g/mol. The van der Waals surface area contributed by atoms with E-state index in [1.165, 1.54) is 12.8 Å². The summed E-state index contributed by atoms with van der Waals surface area (Å²) in [5.74, 6) is 1.57. The average Bonchev–Trinajstić information content (AvgIpc) is 3.22. The molecule has 1 aliphatic carbocycles. The van der Waals surface area contributed by atoms with Crippen LogP contribution in [0.4, 0.5) is 5.69 Å². The van der Waals surface area contributed by atoms with Gasteiger partial charge in [-0.2, -0.15) is 0 Å². The first kappa shape index (κ1) is 14.1. The summed E-state index contributed by atoms with van der Waals surface area (Å²) in [7, 11) is 1.64. The Morgan fingerprint density at radius 2 is 2.26 bits per heavy atom. The molecule has 19 heavy (non-hydrogen) atoms. The van der Waals surface area contributed by atoms with E-state index in [1.807, 2.05) is 18.2 Å². The first-order chi connectivity index (χ1) is 9.20. The summed E-state index contributed by atoms with van der Waals surface area (Å²) in [5, 5.41) is 3.29. The first-order valence-electron chi connectivity index (χ1n) is 6.50. The standard InChI is InChI=1S/C14H20N2O2S/c1-17-11-4-5-12(14(15)19)13(8-11)16-6-7-18-9-10-2-3-10/h4-5,8,10,16H,2-3,6-7,9H2,1H3,(H2,15,19). The molecule has 104 valence electrons. The number of hydrogen-bond donors (Lipinski definition) is 2. The van der Waals surface area contributed by atoms with Crippen LogP contribution in [0.25, 0.3) is 0 Å². The Labute approximate surface area is 119 Å². The molecule has 1 saturated carbocycles. The van der Waals surface area contributed by atoms with Crippen molar-refractivity contribution in [3.05, 3.63) is 23.8 Å². The quantitative estimate of drug-likeness (QED) is 0.564. The highest BCUT2D eigenvalue weighted by molar-refractivity contribution is 7.80. The summed E-state index contributed by atoms with van der Waals surface area (Å²) >= 11 is 5.04. The van der Waals surface area contributed by atoms with Gasteiger partial charge in [0.05, 0.1) is 13.7 Å². The van der Waals surface area contributed by atoms with Crippen LogP contribution in [0, 0.1) is 5.92 Å². The fourth-order valence-electron chi connectivity index (χ4n) is 1.80. The molecule has 4 nitrogen and oxygen atoms in total. The van der Waals surface area contributed by atoms with E-state index < -0.39 is 0 Å². The molecule has 0 unspecified atom stereocenters. The zero-order valence-electron chi connectivity index (χ0n) is 11.1. The molecule has 0 spiro atoms. The molecule has 0 aromatic heterocycles. The van der Waals surface area contributed by atoms with E-state index in [1.54, 1.807) is 7.11 Å². The maximum atomic E-state index is 5.70. The average molecular weight is 280 g/mol. The number of benzene rings is 1. The number of nitrogens with one attached hydrogen (secondary N) is 1. The Balaban J connectivity index is 1.86. The molecule has 0 heterocycles. The van der Waals surface area contributed by atoms with Crippen LogP contribution in [0.15, 0.2) is 18.2 Å². The second-order valence-corrected chi connectivity index (χ2v) is 5.16. The van der Waals surface area contributed by atoms with E-state index >= 15 is 0 Å². The summed E-state index contributed by atoms with van der Waals surface area (Å²) in [6.45, 7) is 2.29. The van der Waals surface area contributed by atoms with E-state index in [0.717, 1.165) is 36.1 Å². The van der Waals surface area contributed by atoms with Gasteiger partial charge in [-0.15, -0.1) is 0 Å². The van der Waals surface area contributed by atoms with Gasteiger partial charge in [0.1, 0.15) is 10.7 Å². The highest BCUT2D eigenvalue weighted by Crippen LogP contribution is 2.28. The molecule has 0 bridgehead atoms. The number of hydrogen-bond acceptors (Lipinski definition) is 4. The zero-order chi connectivity index (χ0) is 13.7. The Morgan fingerprint density at radius 1 is 1.47 bits per heavy atom. The Hall–Kier alpha value is -1.33. The van der Waals surface area contributed by atoms with Gasteiger partial charge in [-0.05, 0) is 30.9 Å². The summed E-state index contributed by atoms with van der Waals surface area (Å²) in [5.41, 5.74) is 7.43. The van der Waals surface area contributed by atoms with E-state index in [9.17, 15) is 0 Å². The van der Waals surface area contributed by atoms with Crippen LogP contribution in [-0.2, 0) is 4.74 Å². The lowest BCUT2D eigenvalue weighted by Gasteiger charge is -2.13. The SMILES string of the molecule is COc1ccc(C(N)=S)c(NCCOCC2CC2)c1. The maximum absolute atomic E-state index is 5.70. The molecular formula is C14H20N2O2S. The minimum atomic E-state index is 0.379. The van der Waals surface area contributed by atoms with Crippen molar-refractivity contribution in [3.8, 4) is 5.75 Å². The molecule has 0 aliphatic heterocycles. The van der Waals surface area contributed by atoms with Crippen molar-refractivity contribution in [1.82, 2.24) is 0 Å². The van der Waals surface area contributed by atoms with Crippen molar-refractivity contribution in [2.24, 2.45) is 11.7 Å². The highest BCUT2D eigenvalue weighted by atomic mass is 32.1. The number of thiocarbonyl (C=S) groups is 1. The van der Waals surface area contributed by atoms with Crippen molar-refractivity contribution in [1.29, 1.82) is 0 Å². The normalized spacial score (nSPS) is 14.2. The zero-order valence-corrected chi connectivity index (χ0v) is 12.0. The van der Waals surface area contributed by atoms with E-state index in [4.69, 9.17) is 27.4 Å². The summed E-state index contributed by atoms with van der Waals surface area (Å²) in [6, 6.07) is 5.62. The van der Waals surface area contributed by atoms with Gasteiger partial charge in [-0.3, -0.25) is 0 Å². The smallest absolute Gasteiger partial charge is 0.120 e. The van der Waals surface area contributed by atoms with Crippen LogP contribution in [0.2, 0.25) is 0 Å². The third kappa shape index (κ3) is 4.36. The van der Waals surface area contributed by atoms with Gasteiger partial charge in [0.15, 0.2) is 0 Å². The molecule has 0 amide bonds. The molecule has 1 aliphatic rings. The van der Waals surface area contributed by atoms with Crippen LogP contribution in [0.5, 0.6) is 5.75 Å². The molecule has 5 heteroatoms. The lowest BCUT2D eigenvalue weighted by Crippen LogP contribution is -2.16. The van der Waals surface area contributed by atoms with Gasteiger partial charge in [0.25, 0.3) is 0 Å². The predicted octanol–water partition coefficient (Wildman–Crippen LogP) is 2.17. The van der Waals surface area contributed by atoms with Crippen molar-refractivity contribution in [3.63, 3.8) is 0 Å². The third-order valence-electron chi connectivity index (χ3n) is 3.10. The molecule has 3 N–H and O–H groups in total. The second-order valence-electron chi connectivity index (χ2n) is 4.72. The van der Waals surface area contributed by atoms with Gasteiger partial charge < -0.3 is 20.5 Å². The molecule has 0 atom stereocenters. The van der Waals surface area contributed by atoms with Crippen molar-refractivity contribution in [2.75, 3.05) is 32.2 Å². The van der Waals surface area contributed by atoms with Crippen molar-refractivity contribution >= 4 is 22.9 Å². The van der Waals surface area contributed by atoms with Gasteiger partial charge in [0, 0.05) is 30.5 Å². The monoisotopic (exact) mass is 280 g/mol. The minimum absolute atomic E-state index is 0.379. The van der Waals surface area contributed by atoms with Crippen LogP contribution in [0.3, 0.4) is 0 Å². The van der Waals surface area contributed by atoms with Crippen molar-refractivity contribution < 1.29 is 9.47 Å². The fourth-order valence-corrected chi connectivity index (χ4v) is 1.98. The van der Waals surface area contributed by atoms with Gasteiger partial charge in [-0.25, -0.2) is 0 Å². The largest absolute Gasteiger partial charge is 0.497 e. The lowest BCUT2D eigenvalue weighted by atomic mass is 10.1. The maximum Gasteiger partial charge on any atom is 0.120 e. The summed E-state index contributed by atoms with van der Waals surface area (Å²) in [4.78, 5) is 0.379. The lowest BCUT2D eigenvalue weighted by molar-refractivity contribution is 0.134. The topological polar surface area (TPSA) is 56.5 Å². The first-order valence-corrected chi connectivity index (χ1v) is 6.91. The third-order valence-corrected chi connectivity index (χ3v) is 3.32. The Morgan fingerprint density at radius 3 is 2.89 bits per heavy atom. The van der Waals surface area contributed by atoms with Gasteiger partial charge in [-0.1, -0.05) is 12.2 Å². The molecule has 2 rings (SSSR count). The summed E-state index contributed by atoms with van der Waals surface area (Å²) in [6.07, 6.45) is 2.63. The number of methoxy groups -OCH3 is 1. The predicted molar refractivity (Wildman–Crippen MR) is 80.9 cm³/mol. The number of anilines is 1. The van der Waals surface area contributed by atoms with E-state index in [2.05, 4.69) is 5.32 Å². The molecule has 1 aromatic carbocycles. The highest BCUT2D eigenvalue weighted by Gasteiger charge is 2.20. The van der Waals surface area contributed by atoms with Crippen LogP contribution in [0.1, 0.15) is 18.4 Å². The van der Waals surface area contributed by atoms with Crippen molar-refractivity contribution in [2.45, 2.75) is 12.8 Å². The Bertz CT molecular complexity index is 447. The van der Waals surface area contributed by atoms with Gasteiger partial charge >= 0.3 is 0 Å². The molecule has 1 fully saturated rings. The minimum Gasteiger partial charge on any atom is -0.497 e. The Kier molecular flexibility index (Phi) is 4.99. The molecule has 0 saturated heterocycles. The number of nitrogens with two attached hydrogens (primary N) is 1. The number of ether oxygens (including phenoxy) is 2. The number of rotatable bonds is 8. The van der Waals surface area contributed by atoms with Gasteiger partial charge in [0.2, 0.25) is 0 Å². The van der Waals surface area contributed by atoms with Crippen LogP contribution in [-0.4, -0.2) is 31.9 Å². The molecule has 1 aromatic rings. The fraction of sp³-hybridized carbons (Fsp3) is 0.500. The second kappa shape index (κ2) is 6.73. The molecule has 0 radical (unpaired) electrons. The van der Waals surface area contributed by atoms with Crippen LogP contribution >= 0.6 is 12.2 Å². The van der Waals surface area contributed by atoms with Crippen LogP contribution < -0.4 is 15.8 Å².